The monoisotopic (exact) mass is 402 g/mol. The first-order chi connectivity index (χ1) is 13.3. The van der Waals surface area contributed by atoms with Gasteiger partial charge in [0.1, 0.15) is 11.2 Å². The van der Waals surface area contributed by atoms with Crippen molar-refractivity contribution in [1.82, 2.24) is 0 Å². The maximum absolute atomic E-state index is 11.3. The molecule has 0 aliphatic heterocycles. The van der Waals surface area contributed by atoms with Gasteiger partial charge >= 0.3 is 5.97 Å². The summed E-state index contributed by atoms with van der Waals surface area (Å²) in [6, 6.07) is 18.8. The van der Waals surface area contributed by atoms with Crippen LogP contribution in [0, 0.1) is 0 Å². The molecule has 2 rings (SSSR count). The molecule has 0 heterocycles. The van der Waals surface area contributed by atoms with Gasteiger partial charge in [0, 0.05) is 0 Å². The molecule has 0 aromatic heterocycles. The van der Waals surface area contributed by atoms with Crippen molar-refractivity contribution in [2.45, 2.75) is 72.2 Å². The second kappa shape index (κ2) is 10.5. The van der Waals surface area contributed by atoms with E-state index in [4.69, 9.17) is 14.7 Å². The zero-order valence-electron chi connectivity index (χ0n) is 18.8. The maximum atomic E-state index is 11.3. The van der Waals surface area contributed by atoms with Gasteiger partial charge in [0.05, 0.1) is 11.2 Å². The maximum Gasteiger partial charge on any atom is 0.373 e. The van der Waals surface area contributed by atoms with E-state index in [1.54, 1.807) is 24.3 Å². The first-order valence-electron chi connectivity index (χ1n) is 9.68. The van der Waals surface area contributed by atoms with Gasteiger partial charge in [-0.15, -0.1) is 0 Å². The second-order valence-corrected chi connectivity index (χ2v) is 9.09. The quantitative estimate of drug-likeness (QED) is 0.437. The molecule has 0 N–H and O–H groups in total. The first kappa shape index (κ1) is 24.8. The molecular formula is C24H34O5. The van der Waals surface area contributed by atoms with Crippen molar-refractivity contribution >= 4 is 5.97 Å². The van der Waals surface area contributed by atoms with Gasteiger partial charge in [-0.3, -0.25) is 4.89 Å². The van der Waals surface area contributed by atoms with E-state index in [0.717, 1.165) is 5.56 Å². The highest BCUT2D eigenvalue weighted by Crippen LogP contribution is 2.26. The van der Waals surface area contributed by atoms with Crippen LogP contribution < -0.4 is 0 Å². The van der Waals surface area contributed by atoms with Crippen LogP contribution >= 0.6 is 0 Å². The molecule has 0 saturated carbocycles. The molecule has 0 aliphatic carbocycles. The van der Waals surface area contributed by atoms with Crippen molar-refractivity contribution in [3.63, 3.8) is 0 Å². The Morgan fingerprint density at radius 2 is 1.07 bits per heavy atom. The van der Waals surface area contributed by atoms with E-state index in [2.05, 4.69) is 4.89 Å². The minimum Gasteiger partial charge on any atom is -0.292 e. The van der Waals surface area contributed by atoms with Gasteiger partial charge in [0.25, 0.3) is 0 Å². The largest absolute Gasteiger partial charge is 0.373 e. The first-order valence-corrected chi connectivity index (χ1v) is 9.68. The fourth-order valence-electron chi connectivity index (χ4n) is 1.90. The van der Waals surface area contributed by atoms with Gasteiger partial charge < -0.3 is 0 Å². The van der Waals surface area contributed by atoms with Crippen LogP contribution in [-0.2, 0) is 25.2 Å². The third kappa shape index (κ3) is 10.8. The van der Waals surface area contributed by atoms with Crippen LogP contribution in [0.25, 0.3) is 0 Å². The number of carbonyl (C=O) groups excluding carboxylic acids is 1. The number of rotatable bonds is 5. The molecule has 0 atom stereocenters. The molecule has 0 radical (unpaired) electrons. The Hall–Kier alpha value is -2.21. The van der Waals surface area contributed by atoms with Gasteiger partial charge in [-0.2, -0.15) is 4.89 Å². The lowest BCUT2D eigenvalue weighted by Gasteiger charge is -2.28. The average molecular weight is 403 g/mol. The summed E-state index contributed by atoms with van der Waals surface area (Å²) in [7, 11) is 0. The molecule has 0 aliphatic rings. The number of hydrogen-bond donors (Lipinski definition) is 0. The predicted octanol–water partition coefficient (Wildman–Crippen LogP) is 6.24. The Morgan fingerprint density at radius 1 is 0.621 bits per heavy atom. The third-order valence-corrected chi connectivity index (χ3v) is 3.35. The smallest absolute Gasteiger partial charge is 0.292 e. The minimum atomic E-state index is -0.482. The SMILES string of the molecule is CC(C)(C)OOC(=O)c1ccccc1.CC(C)(C)OOC(C)(C)c1ccccc1. The van der Waals surface area contributed by atoms with Gasteiger partial charge in [-0.05, 0) is 73.1 Å². The van der Waals surface area contributed by atoms with Crippen LogP contribution in [0.3, 0.4) is 0 Å². The highest BCUT2D eigenvalue weighted by Gasteiger charge is 2.25. The molecule has 160 valence electrons. The predicted molar refractivity (Wildman–Crippen MR) is 114 cm³/mol. The van der Waals surface area contributed by atoms with E-state index < -0.39 is 17.2 Å². The van der Waals surface area contributed by atoms with Crippen molar-refractivity contribution in [2.75, 3.05) is 0 Å². The topological polar surface area (TPSA) is 54.0 Å². The van der Waals surface area contributed by atoms with Crippen molar-refractivity contribution in [1.29, 1.82) is 0 Å². The van der Waals surface area contributed by atoms with E-state index in [9.17, 15) is 4.79 Å². The lowest BCUT2D eigenvalue weighted by atomic mass is 9.99. The summed E-state index contributed by atoms with van der Waals surface area (Å²) in [6.45, 7) is 15.3. The third-order valence-electron chi connectivity index (χ3n) is 3.35. The van der Waals surface area contributed by atoms with Gasteiger partial charge in [-0.1, -0.05) is 48.5 Å². The molecule has 29 heavy (non-hydrogen) atoms. The highest BCUT2D eigenvalue weighted by molar-refractivity contribution is 5.88. The minimum absolute atomic E-state index is 0.286. The van der Waals surface area contributed by atoms with Crippen LogP contribution in [-0.4, -0.2) is 17.2 Å². The Labute approximate surface area is 174 Å². The molecule has 5 nitrogen and oxygen atoms in total. The van der Waals surface area contributed by atoms with Crippen molar-refractivity contribution in [3.8, 4) is 0 Å². The summed E-state index contributed by atoms with van der Waals surface area (Å²) in [5, 5.41) is 0. The van der Waals surface area contributed by atoms with E-state index in [0.29, 0.717) is 5.56 Å². The van der Waals surface area contributed by atoms with Crippen LogP contribution in [0.4, 0.5) is 0 Å². The molecule has 0 spiro atoms. The Morgan fingerprint density at radius 3 is 1.52 bits per heavy atom. The lowest BCUT2D eigenvalue weighted by Crippen LogP contribution is -2.28. The average Bonchev–Trinajstić information content (AvgIpc) is 2.65. The molecule has 0 unspecified atom stereocenters. The van der Waals surface area contributed by atoms with Gasteiger partial charge in [0.2, 0.25) is 0 Å². The van der Waals surface area contributed by atoms with Gasteiger partial charge in [0.15, 0.2) is 0 Å². The molecule has 2 aromatic carbocycles. The summed E-state index contributed by atoms with van der Waals surface area (Å²) < 4.78 is 0. The Balaban J connectivity index is 0.000000291. The molecule has 0 bridgehead atoms. The molecule has 2 aromatic rings. The number of benzene rings is 2. The van der Waals surface area contributed by atoms with E-state index >= 15 is 0 Å². The Bertz CT molecular complexity index is 725. The fraction of sp³-hybridized carbons (Fsp3) is 0.458. The summed E-state index contributed by atoms with van der Waals surface area (Å²) >= 11 is 0. The van der Waals surface area contributed by atoms with Crippen molar-refractivity contribution < 1.29 is 24.3 Å². The van der Waals surface area contributed by atoms with Crippen LogP contribution in [0.15, 0.2) is 60.7 Å². The molecule has 5 heteroatoms. The highest BCUT2D eigenvalue weighted by atomic mass is 17.2. The van der Waals surface area contributed by atoms with Crippen LogP contribution in [0.1, 0.15) is 71.3 Å². The van der Waals surface area contributed by atoms with Crippen molar-refractivity contribution in [2.24, 2.45) is 0 Å². The second-order valence-electron chi connectivity index (χ2n) is 9.09. The van der Waals surface area contributed by atoms with E-state index in [-0.39, 0.29) is 5.60 Å². The zero-order valence-corrected chi connectivity index (χ0v) is 18.8. The fourth-order valence-corrected chi connectivity index (χ4v) is 1.90. The zero-order chi connectivity index (χ0) is 22.1. The van der Waals surface area contributed by atoms with E-state index in [1.807, 2.05) is 91.8 Å². The van der Waals surface area contributed by atoms with Crippen LogP contribution in [0.5, 0.6) is 0 Å². The summed E-state index contributed by atoms with van der Waals surface area (Å²) in [4.78, 5) is 31.7. The van der Waals surface area contributed by atoms with E-state index in [1.165, 1.54) is 0 Å². The Kier molecular flexibility index (Phi) is 9.02. The normalized spacial score (nSPS) is 12.0. The van der Waals surface area contributed by atoms with Crippen LogP contribution in [0.2, 0.25) is 0 Å². The lowest BCUT2D eigenvalue weighted by molar-refractivity contribution is -0.401. The number of hydrogen-bond acceptors (Lipinski definition) is 5. The summed E-state index contributed by atoms with van der Waals surface area (Å²) in [5.41, 5.74) is 0.399. The molecule has 0 amide bonds. The molecular weight excluding hydrogens is 368 g/mol. The number of carbonyl (C=O) groups is 1. The summed E-state index contributed by atoms with van der Waals surface area (Å²) in [5.74, 6) is -0.472. The molecule has 0 fully saturated rings. The molecule has 0 saturated heterocycles. The van der Waals surface area contributed by atoms with Gasteiger partial charge in [-0.25, -0.2) is 14.6 Å². The standard InChI is InChI=1S/C13H20O2.C11H14O3/c1-12(2,3)14-15-13(4,5)11-9-7-6-8-10-11;1-11(2,3)14-13-10(12)9-7-5-4-6-8-9/h6-10H,1-5H3;4-8H,1-3H3. The van der Waals surface area contributed by atoms with Crippen molar-refractivity contribution in [3.05, 3.63) is 71.8 Å². The summed E-state index contributed by atoms with van der Waals surface area (Å²) in [6.07, 6.45) is 0.